The number of unbranched alkanes of at least 4 members (excludes halogenated alkanes) is 12. The second-order valence-corrected chi connectivity index (χ2v) is 13.1. The Morgan fingerprint density at radius 1 is 0.549 bits per heavy atom. The second-order valence-electron chi connectivity index (χ2n) is 13.1. The molecule has 2 amide bonds. The van der Waals surface area contributed by atoms with Crippen LogP contribution in [0.2, 0.25) is 0 Å². The molecule has 5 N–H and O–H groups in total. The molecule has 0 aromatic heterocycles. The summed E-state index contributed by atoms with van der Waals surface area (Å²) in [5, 5.41) is 27.0. The van der Waals surface area contributed by atoms with Crippen molar-refractivity contribution in [1.29, 1.82) is 0 Å². The highest BCUT2D eigenvalue weighted by Crippen LogP contribution is 2.13. The minimum Gasteiger partial charge on any atom is -0.481 e. The van der Waals surface area contributed by atoms with E-state index >= 15 is 0 Å². The molecule has 0 saturated heterocycles. The van der Waals surface area contributed by atoms with Gasteiger partial charge in [0.15, 0.2) is 5.78 Å². The van der Waals surface area contributed by atoms with Crippen molar-refractivity contribution in [3.8, 4) is 0 Å². The van der Waals surface area contributed by atoms with Gasteiger partial charge in [-0.3, -0.25) is 19.2 Å². The molecule has 298 valence electrons. The molecule has 0 bridgehead atoms. The molecular formula is C37H69N3O11. The number of rotatable bonds is 39. The van der Waals surface area contributed by atoms with Gasteiger partial charge in [-0.05, 0) is 39.5 Å². The molecule has 0 radical (unpaired) electrons. The Bertz CT molecular complexity index is 907. The summed E-state index contributed by atoms with van der Waals surface area (Å²) in [5.41, 5.74) is 0. The third-order valence-corrected chi connectivity index (χ3v) is 8.15. The summed E-state index contributed by atoms with van der Waals surface area (Å²) in [7, 11) is 0. The van der Waals surface area contributed by atoms with E-state index in [0.717, 1.165) is 57.8 Å². The van der Waals surface area contributed by atoms with Gasteiger partial charge < -0.3 is 45.1 Å². The number of nitrogens with one attached hydrogen (secondary N) is 3. The number of hydrogen-bond donors (Lipinski definition) is 5. The van der Waals surface area contributed by atoms with Crippen molar-refractivity contribution < 1.29 is 53.1 Å². The number of carboxylic acids is 2. The molecule has 14 heteroatoms. The van der Waals surface area contributed by atoms with E-state index < -0.39 is 18.0 Å². The third kappa shape index (κ3) is 36.9. The molecule has 0 aliphatic carbocycles. The van der Waals surface area contributed by atoms with Crippen LogP contribution in [-0.4, -0.2) is 118 Å². The van der Waals surface area contributed by atoms with Gasteiger partial charge in [-0.2, -0.15) is 0 Å². The molecule has 0 saturated carbocycles. The van der Waals surface area contributed by atoms with Gasteiger partial charge in [0.2, 0.25) is 11.8 Å². The van der Waals surface area contributed by atoms with Gasteiger partial charge in [0.1, 0.15) is 19.3 Å². The maximum atomic E-state index is 12.3. The van der Waals surface area contributed by atoms with Gasteiger partial charge in [0.25, 0.3) is 0 Å². The third-order valence-electron chi connectivity index (χ3n) is 8.15. The van der Waals surface area contributed by atoms with E-state index in [1.54, 1.807) is 0 Å². The quantitative estimate of drug-likeness (QED) is 0.0559. The molecule has 14 nitrogen and oxygen atoms in total. The number of aliphatic carboxylic acids is 2. The van der Waals surface area contributed by atoms with Crippen LogP contribution in [0.1, 0.15) is 129 Å². The summed E-state index contributed by atoms with van der Waals surface area (Å²) in [6.07, 6.45) is 16.3. The van der Waals surface area contributed by atoms with Crippen LogP contribution in [0.5, 0.6) is 0 Å². The predicted molar refractivity (Wildman–Crippen MR) is 195 cm³/mol. The van der Waals surface area contributed by atoms with Gasteiger partial charge in [0, 0.05) is 32.0 Å². The van der Waals surface area contributed by atoms with Crippen LogP contribution < -0.4 is 16.0 Å². The fourth-order valence-corrected chi connectivity index (χ4v) is 5.27. The fraction of sp³-hybridized carbons (Fsp3) is 0.865. The Morgan fingerprint density at radius 2 is 1.04 bits per heavy atom. The van der Waals surface area contributed by atoms with E-state index in [1.807, 2.05) is 0 Å². The average Bonchev–Trinajstić information content (AvgIpc) is 3.08. The summed E-state index contributed by atoms with van der Waals surface area (Å²) >= 11 is 0. The molecule has 0 fully saturated rings. The molecule has 51 heavy (non-hydrogen) atoms. The minimum atomic E-state index is -0.994. The first kappa shape index (κ1) is 48.3. The Kier molecular flexibility index (Phi) is 33.9. The summed E-state index contributed by atoms with van der Waals surface area (Å²) in [5.74, 6) is -2.17. The molecule has 0 aliphatic heterocycles. The first-order valence-electron chi connectivity index (χ1n) is 19.2. The molecule has 0 aliphatic rings. The van der Waals surface area contributed by atoms with Crippen molar-refractivity contribution in [2.75, 3.05) is 65.9 Å². The second kappa shape index (κ2) is 35.7. The highest BCUT2D eigenvalue weighted by molar-refractivity contribution is 5.83. The highest BCUT2D eigenvalue weighted by Gasteiger charge is 2.19. The van der Waals surface area contributed by atoms with Crippen molar-refractivity contribution in [1.82, 2.24) is 16.0 Å². The lowest BCUT2D eigenvalue weighted by atomic mass is 10.0. The number of ether oxygens (including phenoxy) is 4. The molecule has 1 unspecified atom stereocenters. The van der Waals surface area contributed by atoms with Gasteiger partial charge in [-0.25, -0.2) is 4.79 Å². The van der Waals surface area contributed by atoms with Crippen LogP contribution in [0.4, 0.5) is 0 Å². The maximum absolute atomic E-state index is 12.3. The first-order chi connectivity index (χ1) is 24.6. The fourth-order valence-electron chi connectivity index (χ4n) is 5.27. The number of carboxylic acid groups (broad SMARTS) is 2. The Labute approximate surface area is 305 Å². The molecule has 2 atom stereocenters. The monoisotopic (exact) mass is 731 g/mol. The lowest BCUT2D eigenvalue weighted by Crippen LogP contribution is -2.40. The number of Topliss-reactive ketones (excluding diaryl/α,β-unsaturated/α-hetero) is 1. The zero-order valence-corrected chi connectivity index (χ0v) is 31.5. The van der Waals surface area contributed by atoms with Crippen molar-refractivity contribution in [3.63, 3.8) is 0 Å². The smallest absolute Gasteiger partial charge is 0.326 e. The van der Waals surface area contributed by atoms with E-state index in [4.69, 9.17) is 24.1 Å². The van der Waals surface area contributed by atoms with Crippen LogP contribution in [0, 0.1) is 0 Å². The van der Waals surface area contributed by atoms with E-state index in [2.05, 4.69) is 22.9 Å². The van der Waals surface area contributed by atoms with E-state index in [-0.39, 0.29) is 43.3 Å². The van der Waals surface area contributed by atoms with Crippen LogP contribution in [0.25, 0.3) is 0 Å². The number of carbonyl (C=O) groups is 5. The minimum absolute atomic E-state index is 0.0374. The van der Waals surface area contributed by atoms with Crippen LogP contribution in [0.3, 0.4) is 0 Å². The summed E-state index contributed by atoms with van der Waals surface area (Å²) in [6.45, 7) is 6.76. The highest BCUT2D eigenvalue weighted by atomic mass is 16.5. The van der Waals surface area contributed by atoms with Crippen LogP contribution >= 0.6 is 0 Å². The van der Waals surface area contributed by atoms with E-state index in [0.29, 0.717) is 72.0 Å². The van der Waals surface area contributed by atoms with Crippen molar-refractivity contribution in [3.05, 3.63) is 0 Å². The van der Waals surface area contributed by atoms with Crippen LogP contribution in [-0.2, 0) is 42.9 Å². The summed E-state index contributed by atoms with van der Waals surface area (Å²) in [6, 6.07) is -0.616. The van der Waals surface area contributed by atoms with Gasteiger partial charge in [-0.1, -0.05) is 77.0 Å². The van der Waals surface area contributed by atoms with Crippen molar-refractivity contribution in [2.24, 2.45) is 0 Å². The number of amides is 2. The molecule has 0 aromatic rings. The first-order valence-corrected chi connectivity index (χ1v) is 19.2. The van der Waals surface area contributed by atoms with Crippen molar-refractivity contribution >= 4 is 29.5 Å². The van der Waals surface area contributed by atoms with E-state index in [1.165, 1.54) is 39.0 Å². The van der Waals surface area contributed by atoms with E-state index in [9.17, 15) is 29.1 Å². The molecule has 0 heterocycles. The molecule has 0 spiro atoms. The SMILES string of the molecule is CC(=O)COCCOCCNC(=O)COCCOCCNC(C)CCCC[C@H](NC(=O)CCCCCCCCCCCCCCC(=O)O)C(=O)O. The van der Waals surface area contributed by atoms with Crippen LogP contribution in [0.15, 0.2) is 0 Å². The Morgan fingerprint density at radius 3 is 1.59 bits per heavy atom. The summed E-state index contributed by atoms with van der Waals surface area (Å²) < 4.78 is 21.2. The Hall–Kier alpha value is -2.65. The zero-order valence-electron chi connectivity index (χ0n) is 31.5. The number of carbonyl (C=O) groups excluding carboxylic acids is 3. The van der Waals surface area contributed by atoms with Gasteiger partial charge in [0.05, 0.1) is 39.6 Å². The Balaban J connectivity index is 3.64. The molecule has 0 aromatic carbocycles. The van der Waals surface area contributed by atoms with Gasteiger partial charge in [-0.15, -0.1) is 0 Å². The number of hydrogen-bond acceptors (Lipinski definition) is 10. The zero-order chi connectivity index (χ0) is 37.8. The standard InChI is InChI=1S/C37H69N3O11/c1-31(38-21-23-48-26-28-51-30-35(43)39-22-24-49-25-27-50-29-32(2)41)17-15-16-18-33(37(46)47)40-34(42)19-13-11-9-7-5-3-4-6-8-10-12-14-20-36(44)45/h31,33,38H,3-30H2,1-2H3,(H,39,43)(H,40,42)(H,44,45)(H,46,47)/t31?,33-/m0/s1. The number of ketones is 1. The summed E-state index contributed by atoms with van der Waals surface area (Å²) in [4.78, 5) is 57.0. The molecule has 0 rings (SSSR count). The normalized spacial score (nSPS) is 12.4. The maximum Gasteiger partial charge on any atom is 0.326 e. The molecular weight excluding hydrogens is 662 g/mol. The lowest BCUT2D eigenvalue weighted by molar-refractivity contribution is -0.142. The predicted octanol–water partition coefficient (Wildman–Crippen LogP) is 4.41. The lowest BCUT2D eigenvalue weighted by Gasteiger charge is -2.16. The topological polar surface area (TPSA) is 199 Å². The largest absolute Gasteiger partial charge is 0.481 e. The van der Waals surface area contributed by atoms with Crippen molar-refractivity contribution in [2.45, 2.75) is 142 Å². The average molecular weight is 732 g/mol. The van der Waals surface area contributed by atoms with Gasteiger partial charge >= 0.3 is 11.9 Å².